The number of unbranched alkanes of at least 4 members (excludes halogenated alkanes) is 60. The topological polar surface area (TPSA) is 108 Å². The van der Waals surface area contributed by atoms with Crippen molar-refractivity contribution in [3.8, 4) is 0 Å². The second kappa shape index (κ2) is 79.1. The predicted molar refractivity (Wildman–Crippen MR) is 427 cm³/mol. The van der Waals surface area contributed by atoms with Gasteiger partial charge >= 0.3 is 19.8 Å². The number of likely N-dealkylation sites (N-methyl/N-ethyl adjacent to an activating group) is 1. The van der Waals surface area contributed by atoms with Crippen molar-refractivity contribution in [3.63, 3.8) is 0 Å². The third-order valence-electron chi connectivity index (χ3n) is 19.9. The molecule has 0 aliphatic carbocycles. The largest absolute Gasteiger partial charge is 0.472 e. The third-order valence-corrected chi connectivity index (χ3v) is 20.9. The highest BCUT2D eigenvalue weighted by Crippen LogP contribution is 2.43. The van der Waals surface area contributed by atoms with Crippen LogP contribution in [0.4, 0.5) is 0 Å². The minimum atomic E-state index is -4.39. The molecular weight excluding hydrogens is 1230 g/mol. The average molecular weight is 1400 g/mol. The van der Waals surface area contributed by atoms with E-state index in [-0.39, 0.29) is 25.6 Å². The van der Waals surface area contributed by atoms with Crippen LogP contribution in [0.1, 0.15) is 450 Å². The molecule has 0 aromatic heterocycles. The Morgan fingerprint density at radius 2 is 0.582 bits per heavy atom. The fraction of sp³-hybridized carbons (Fsp3) is 0.886. The molecule has 0 amide bonds. The molecule has 9 nitrogen and oxygen atoms in total. The summed E-state index contributed by atoms with van der Waals surface area (Å²) in [6.07, 6.45) is 106. The van der Waals surface area contributed by atoms with Gasteiger partial charge in [-0.3, -0.25) is 18.6 Å². The number of ether oxygens (including phenoxy) is 2. The number of hydrogen-bond acceptors (Lipinski definition) is 7. The Balaban J connectivity index is 3.84. The van der Waals surface area contributed by atoms with Crippen LogP contribution in [-0.4, -0.2) is 74.9 Å². The average Bonchev–Trinajstić information content (AvgIpc) is 1.08. The number of phosphoric acid groups is 1. The van der Waals surface area contributed by atoms with E-state index >= 15 is 0 Å². The zero-order valence-corrected chi connectivity index (χ0v) is 67.2. The summed E-state index contributed by atoms with van der Waals surface area (Å²) in [4.78, 5) is 36.0. The summed E-state index contributed by atoms with van der Waals surface area (Å²) in [5.41, 5.74) is 0. The fourth-order valence-corrected chi connectivity index (χ4v) is 14.1. The summed E-state index contributed by atoms with van der Waals surface area (Å²) >= 11 is 0. The molecule has 1 N–H and O–H groups in total. The van der Waals surface area contributed by atoms with E-state index in [1.54, 1.807) is 0 Å². The van der Waals surface area contributed by atoms with Gasteiger partial charge in [-0.05, 0) is 51.4 Å². The van der Waals surface area contributed by atoms with Crippen molar-refractivity contribution in [2.24, 2.45) is 0 Å². The van der Waals surface area contributed by atoms with Gasteiger partial charge in [-0.1, -0.05) is 435 Å². The number of rotatable bonds is 82. The van der Waals surface area contributed by atoms with Crippen molar-refractivity contribution in [3.05, 3.63) is 48.6 Å². The van der Waals surface area contributed by atoms with E-state index in [1.165, 1.54) is 360 Å². The van der Waals surface area contributed by atoms with Gasteiger partial charge < -0.3 is 18.9 Å². The van der Waals surface area contributed by atoms with Gasteiger partial charge in [-0.2, -0.15) is 0 Å². The zero-order valence-electron chi connectivity index (χ0n) is 66.3. The van der Waals surface area contributed by atoms with Crippen LogP contribution >= 0.6 is 7.82 Å². The molecular formula is C88H169NO8P+. The molecule has 98 heavy (non-hydrogen) atoms. The molecule has 0 fully saturated rings. The molecule has 0 aliphatic heterocycles. The van der Waals surface area contributed by atoms with Gasteiger partial charge in [-0.25, -0.2) is 4.57 Å². The monoisotopic (exact) mass is 1400 g/mol. The highest BCUT2D eigenvalue weighted by molar-refractivity contribution is 7.47. The van der Waals surface area contributed by atoms with E-state index in [0.29, 0.717) is 23.9 Å². The number of quaternary nitrogens is 1. The van der Waals surface area contributed by atoms with E-state index in [9.17, 15) is 19.0 Å². The predicted octanol–water partition coefficient (Wildman–Crippen LogP) is 29.1. The molecule has 0 aromatic rings. The third kappa shape index (κ3) is 82.9. The van der Waals surface area contributed by atoms with Crippen LogP contribution in [0.25, 0.3) is 0 Å². The van der Waals surface area contributed by atoms with E-state index in [0.717, 1.165) is 57.8 Å². The molecule has 0 heterocycles. The quantitative estimate of drug-likeness (QED) is 0.0211. The normalized spacial score (nSPS) is 13.2. The number of hydrogen-bond donors (Lipinski definition) is 1. The second-order valence-corrected chi connectivity index (χ2v) is 32.4. The highest BCUT2D eigenvalue weighted by Gasteiger charge is 2.27. The Morgan fingerprint density at radius 1 is 0.327 bits per heavy atom. The molecule has 0 aliphatic rings. The molecule has 0 radical (unpaired) electrons. The second-order valence-electron chi connectivity index (χ2n) is 30.9. The Kier molecular flexibility index (Phi) is 77.5. The molecule has 2 atom stereocenters. The molecule has 0 rings (SSSR count). The van der Waals surface area contributed by atoms with Crippen molar-refractivity contribution >= 4 is 19.8 Å². The first-order valence-corrected chi connectivity index (χ1v) is 44.9. The molecule has 2 unspecified atom stereocenters. The summed E-state index contributed by atoms with van der Waals surface area (Å²) < 4.78 is 34.9. The highest BCUT2D eigenvalue weighted by atomic mass is 31.2. The number of carbonyl (C=O) groups excluding carboxylic acids is 2. The van der Waals surface area contributed by atoms with Crippen LogP contribution in [0.15, 0.2) is 48.6 Å². The number of phosphoric ester groups is 1. The van der Waals surface area contributed by atoms with Gasteiger partial charge in [0.1, 0.15) is 19.8 Å². The smallest absolute Gasteiger partial charge is 0.462 e. The summed E-state index contributed by atoms with van der Waals surface area (Å²) in [6, 6.07) is 0. The maximum atomic E-state index is 12.9. The van der Waals surface area contributed by atoms with Crippen LogP contribution in [0.2, 0.25) is 0 Å². The van der Waals surface area contributed by atoms with Crippen molar-refractivity contribution in [2.75, 3.05) is 47.5 Å². The summed E-state index contributed by atoms with van der Waals surface area (Å²) in [5.74, 6) is -0.771. The molecule has 0 saturated carbocycles. The lowest BCUT2D eigenvalue weighted by atomic mass is 10.0. The Bertz CT molecular complexity index is 1790. The van der Waals surface area contributed by atoms with Crippen LogP contribution in [-0.2, 0) is 32.7 Å². The minimum Gasteiger partial charge on any atom is -0.462 e. The van der Waals surface area contributed by atoms with Crippen molar-refractivity contribution in [1.29, 1.82) is 0 Å². The van der Waals surface area contributed by atoms with Gasteiger partial charge in [0, 0.05) is 12.8 Å². The van der Waals surface area contributed by atoms with Gasteiger partial charge in [0.15, 0.2) is 6.10 Å². The van der Waals surface area contributed by atoms with Crippen LogP contribution in [0.5, 0.6) is 0 Å². The summed E-state index contributed by atoms with van der Waals surface area (Å²) in [7, 11) is 1.50. The summed E-state index contributed by atoms with van der Waals surface area (Å²) in [5, 5.41) is 0. The molecule has 10 heteroatoms. The molecule has 578 valence electrons. The lowest BCUT2D eigenvalue weighted by molar-refractivity contribution is -0.870. The van der Waals surface area contributed by atoms with Crippen molar-refractivity contribution < 1.29 is 42.1 Å². The van der Waals surface area contributed by atoms with Crippen LogP contribution in [0.3, 0.4) is 0 Å². The Labute approximate surface area is 611 Å². The Hall–Kier alpha value is -2.03. The van der Waals surface area contributed by atoms with Crippen LogP contribution in [0, 0.1) is 0 Å². The zero-order chi connectivity index (χ0) is 71.1. The number of allylic oxidation sites excluding steroid dienone is 8. The van der Waals surface area contributed by atoms with E-state index < -0.39 is 26.5 Å². The Morgan fingerprint density at radius 3 is 0.867 bits per heavy atom. The first-order chi connectivity index (χ1) is 48.0. The SMILES string of the molecule is CC/C=C\C/C=C\C/C=C\C/C=C\CCCCCCCCCCCCCCCCCCCCCCC(=O)OC(COC(=O)CCCCCCCCCCCCCCCCCCCCCCCCCCCCCCCCCCCCCCCCCCC)COP(=O)(O)OCC[N+](C)(C)C. The molecule has 0 spiro atoms. The van der Waals surface area contributed by atoms with E-state index in [4.69, 9.17) is 18.5 Å². The lowest BCUT2D eigenvalue weighted by Crippen LogP contribution is -2.37. The molecule has 0 bridgehead atoms. The van der Waals surface area contributed by atoms with Gasteiger partial charge in [0.25, 0.3) is 0 Å². The van der Waals surface area contributed by atoms with Gasteiger partial charge in [0.2, 0.25) is 0 Å². The van der Waals surface area contributed by atoms with Gasteiger partial charge in [0.05, 0.1) is 27.7 Å². The fourth-order valence-electron chi connectivity index (χ4n) is 13.3. The lowest BCUT2D eigenvalue weighted by Gasteiger charge is -2.24. The first kappa shape index (κ1) is 96.0. The summed E-state index contributed by atoms with van der Waals surface area (Å²) in [6.45, 7) is 4.41. The van der Waals surface area contributed by atoms with Crippen molar-refractivity contribution in [1.82, 2.24) is 0 Å². The minimum absolute atomic E-state index is 0.0348. The van der Waals surface area contributed by atoms with E-state index in [2.05, 4.69) is 62.5 Å². The van der Waals surface area contributed by atoms with Crippen LogP contribution < -0.4 is 0 Å². The molecule has 0 saturated heterocycles. The van der Waals surface area contributed by atoms with Crippen molar-refractivity contribution in [2.45, 2.75) is 457 Å². The number of nitrogens with zero attached hydrogens (tertiary/aromatic N) is 1. The maximum Gasteiger partial charge on any atom is 0.472 e. The number of esters is 2. The van der Waals surface area contributed by atoms with E-state index in [1.807, 2.05) is 21.1 Å². The number of carbonyl (C=O) groups is 2. The standard InChI is InChI=1S/C88H168NO8P/c1-6-8-10-12-14-16-18-20-22-24-26-28-30-32-34-36-38-40-41-42-43-44-45-46-47-49-50-52-54-56-58-60-62-64-66-68-70-72-74-76-78-80-87(90)94-84-86(85-96-98(92,93)95-83-82-89(3,4)5)97-88(91)81-79-77-75-73-71-69-67-65-63-61-59-57-55-53-51-48-39-37-35-33-31-29-27-25-23-21-19-17-15-13-11-9-7-2/h9,11,15,17,21,23,27,29,86H,6-8,10,12-14,16,18-20,22,24-26,28,30-85H2,1-5H3/p+1/b11-9-,17-15-,23-21-,29-27-. The maximum absolute atomic E-state index is 12.9. The van der Waals surface area contributed by atoms with Gasteiger partial charge in [-0.15, -0.1) is 0 Å². The first-order valence-electron chi connectivity index (χ1n) is 43.4. The molecule has 0 aromatic carbocycles.